The molecule has 142 valence electrons. The molecule has 0 saturated carbocycles. The maximum atomic E-state index is 13.6. The summed E-state index contributed by atoms with van der Waals surface area (Å²) in [5.41, 5.74) is 1.60. The van der Waals surface area contributed by atoms with Crippen LogP contribution < -0.4 is 10.6 Å². The molecule has 2 rings (SSSR count). The highest BCUT2D eigenvalue weighted by Crippen LogP contribution is 2.09. The standard InChI is InChI=1S/C19H23F2N3O.HI/c1-22-19(23-10-9-16-7-8-17(20)13-18(16)21)24-11-12-25-14-15-5-3-2-4-6-15;/h2-8,13H,9-12,14H2,1H3,(H2,22,23,24);1H. The predicted octanol–water partition coefficient (Wildman–Crippen LogP) is 3.51. The molecule has 2 aromatic carbocycles. The van der Waals surface area contributed by atoms with Crippen LogP contribution in [0.25, 0.3) is 0 Å². The number of nitrogens with zero attached hydrogens (tertiary/aromatic N) is 1. The monoisotopic (exact) mass is 475 g/mol. The summed E-state index contributed by atoms with van der Waals surface area (Å²) in [4.78, 5) is 4.10. The molecule has 0 saturated heterocycles. The molecule has 7 heteroatoms. The van der Waals surface area contributed by atoms with Gasteiger partial charge < -0.3 is 15.4 Å². The summed E-state index contributed by atoms with van der Waals surface area (Å²) in [5.74, 6) is -0.480. The second-order valence-electron chi connectivity index (χ2n) is 5.45. The average molecular weight is 475 g/mol. The van der Waals surface area contributed by atoms with Crippen LogP contribution in [0.15, 0.2) is 53.5 Å². The van der Waals surface area contributed by atoms with Crippen molar-refractivity contribution in [1.82, 2.24) is 10.6 Å². The van der Waals surface area contributed by atoms with Gasteiger partial charge in [0.05, 0.1) is 13.2 Å². The van der Waals surface area contributed by atoms with Crippen LogP contribution in [-0.2, 0) is 17.8 Å². The van der Waals surface area contributed by atoms with Crippen LogP contribution in [0.2, 0.25) is 0 Å². The molecular formula is C19H24F2IN3O. The smallest absolute Gasteiger partial charge is 0.191 e. The molecule has 0 amide bonds. The molecule has 0 aliphatic heterocycles. The van der Waals surface area contributed by atoms with Crippen LogP contribution >= 0.6 is 24.0 Å². The van der Waals surface area contributed by atoms with E-state index in [1.807, 2.05) is 30.3 Å². The number of guanidine groups is 1. The van der Waals surface area contributed by atoms with E-state index in [2.05, 4.69) is 15.6 Å². The van der Waals surface area contributed by atoms with Gasteiger partial charge in [-0.2, -0.15) is 0 Å². The van der Waals surface area contributed by atoms with E-state index in [9.17, 15) is 8.78 Å². The molecule has 0 radical (unpaired) electrons. The molecule has 0 atom stereocenters. The Morgan fingerprint density at radius 3 is 2.46 bits per heavy atom. The average Bonchev–Trinajstić information content (AvgIpc) is 2.62. The lowest BCUT2D eigenvalue weighted by atomic mass is 10.1. The Balaban J connectivity index is 0.00000338. The highest BCUT2D eigenvalue weighted by Gasteiger charge is 2.04. The topological polar surface area (TPSA) is 45.7 Å². The van der Waals surface area contributed by atoms with Gasteiger partial charge in [0.25, 0.3) is 0 Å². The zero-order valence-corrected chi connectivity index (χ0v) is 17.0. The van der Waals surface area contributed by atoms with E-state index in [4.69, 9.17) is 4.74 Å². The lowest BCUT2D eigenvalue weighted by molar-refractivity contribution is 0.125. The van der Waals surface area contributed by atoms with Crippen LogP contribution in [0.5, 0.6) is 0 Å². The minimum atomic E-state index is -0.567. The SMILES string of the molecule is CN=C(NCCOCc1ccccc1)NCCc1ccc(F)cc1F.I. The first-order chi connectivity index (χ1) is 12.2. The Hall–Kier alpha value is -1.74. The molecule has 0 heterocycles. The van der Waals surface area contributed by atoms with E-state index in [0.717, 1.165) is 11.6 Å². The number of aliphatic imine (C=N–C) groups is 1. The fraction of sp³-hybridized carbons (Fsp3) is 0.316. The van der Waals surface area contributed by atoms with Crippen LogP contribution in [-0.4, -0.2) is 32.7 Å². The number of benzene rings is 2. The maximum absolute atomic E-state index is 13.6. The fourth-order valence-electron chi connectivity index (χ4n) is 2.27. The van der Waals surface area contributed by atoms with Gasteiger partial charge in [-0.15, -0.1) is 24.0 Å². The summed E-state index contributed by atoms with van der Waals surface area (Å²) >= 11 is 0. The summed E-state index contributed by atoms with van der Waals surface area (Å²) in [6.45, 7) is 2.21. The summed E-state index contributed by atoms with van der Waals surface area (Å²) < 4.78 is 32.0. The highest BCUT2D eigenvalue weighted by atomic mass is 127. The Morgan fingerprint density at radius 1 is 1.04 bits per heavy atom. The van der Waals surface area contributed by atoms with Gasteiger partial charge in [-0.05, 0) is 23.6 Å². The molecule has 26 heavy (non-hydrogen) atoms. The lowest BCUT2D eigenvalue weighted by Gasteiger charge is -2.12. The largest absolute Gasteiger partial charge is 0.375 e. The quantitative estimate of drug-likeness (QED) is 0.266. The van der Waals surface area contributed by atoms with Gasteiger partial charge in [-0.25, -0.2) is 8.78 Å². The molecular weight excluding hydrogens is 451 g/mol. The van der Waals surface area contributed by atoms with Crippen molar-refractivity contribution in [1.29, 1.82) is 0 Å². The van der Waals surface area contributed by atoms with E-state index < -0.39 is 11.6 Å². The van der Waals surface area contributed by atoms with Crippen molar-refractivity contribution in [2.45, 2.75) is 13.0 Å². The van der Waals surface area contributed by atoms with E-state index in [1.165, 1.54) is 12.1 Å². The van der Waals surface area contributed by atoms with E-state index >= 15 is 0 Å². The van der Waals surface area contributed by atoms with Crippen molar-refractivity contribution in [3.8, 4) is 0 Å². The number of nitrogens with one attached hydrogen (secondary N) is 2. The van der Waals surface area contributed by atoms with Gasteiger partial charge in [-0.1, -0.05) is 36.4 Å². The number of hydrogen-bond acceptors (Lipinski definition) is 2. The lowest BCUT2D eigenvalue weighted by Crippen LogP contribution is -2.39. The Bertz CT molecular complexity index is 684. The molecule has 0 unspecified atom stereocenters. The number of halogens is 3. The summed E-state index contributed by atoms with van der Waals surface area (Å²) in [5, 5.41) is 6.22. The van der Waals surface area contributed by atoms with E-state index in [1.54, 1.807) is 7.05 Å². The summed E-state index contributed by atoms with van der Waals surface area (Å²) in [7, 11) is 1.67. The third-order valence-electron chi connectivity index (χ3n) is 3.58. The minimum Gasteiger partial charge on any atom is -0.375 e. The Morgan fingerprint density at radius 2 is 1.77 bits per heavy atom. The first-order valence-electron chi connectivity index (χ1n) is 8.19. The maximum Gasteiger partial charge on any atom is 0.191 e. The minimum absolute atomic E-state index is 0. The van der Waals surface area contributed by atoms with E-state index in [0.29, 0.717) is 44.2 Å². The van der Waals surface area contributed by atoms with Crippen molar-refractivity contribution < 1.29 is 13.5 Å². The van der Waals surface area contributed by atoms with Gasteiger partial charge >= 0.3 is 0 Å². The molecule has 2 N–H and O–H groups in total. The Kier molecular flexibility index (Phi) is 10.8. The molecule has 0 aromatic heterocycles. The third-order valence-corrected chi connectivity index (χ3v) is 3.58. The number of hydrogen-bond donors (Lipinski definition) is 2. The number of ether oxygens (including phenoxy) is 1. The normalized spacial score (nSPS) is 11.0. The van der Waals surface area contributed by atoms with Crippen molar-refractivity contribution in [2.24, 2.45) is 4.99 Å². The molecule has 0 aliphatic rings. The predicted molar refractivity (Wildman–Crippen MR) is 111 cm³/mol. The first-order valence-corrected chi connectivity index (χ1v) is 8.19. The van der Waals surface area contributed by atoms with Crippen LogP contribution in [0.4, 0.5) is 8.78 Å². The third kappa shape index (κ3) is 8.09. The molecule has 0 spiro atoms. The number of rotatable bonds is 8. The fourth-order valence-corrected chi connectivity index (χ4v) is 2.27. The molecule has 2 aromatic rings. The first kappa shape index (κ1) is 22.3. The van der Waals surface area contributed by atoms with Gasteiger partial charge in [0, 0.05) is 26.2 Å². The van der Waals surface area contributed by atoms with Crippen LogP contribution in [0.1, 0.15) is 11.1 Å². The van der Waals surface area contributed by atoms with Crippen LogP contribution in [0.3, 0.4) is 0 Å². The van der Waals surface area contributed by atoms with E-state index in [-0.39, 0.29) is 24.0 Å². The molecule has 0 fully saturated rings. The summed E-state index contributed by atoms with van der Waals surface area (Å²) in [6.07, 6.45) is 0.442. The van der Waals surface area contributed by atoms with Gasteiger partial charge in [-0.3, -0.25) is 4.99 Å². The van der Waals surface area contributed by atoms with Crippen LogP contribution in [0, 0.1) is 11.6 Å². The second-order valence-corrected chi connectivity index (χ2v) is 5.45. The molecule has 4 nitrogen and oxygen atoms in total. The molecule has 0 bridgehead atoms. The zero-order chi connectivity index (χ0) is 17.9. The Labute approximate surface area is 170 Å². The van der Waals surface area contributed by atoms with Crippen molar-refractivity contribution in [2.75, 3.05) is 26.7 Å². The van der Waals surface area contributed by atoms with Gasteiger partial charge in [0.2, 0.25) is 0 Å². The van der Waals surface area contributed by atoms with Crippen molar-refractivity contribution in [3.63, 3.8) is 0 Å². The van der Waals surface area contributed by atoms with Crippen molar-refractivity contribution in [3.05, 3.63) is 71.3 Å². The summed E-state index contributed by atoms with van der Waals surface area (Å²) in [6, 6.07) is 13.6. The van der Waals surface area contributed by atoms with Gasteiger partial charge in [0.1, 0.15) is 11.6 Å². The highest BCUT2D eigenvalue weighted by molar-refractivity contribution is 14.0. The van der Waals surface area contributed by atoms with Gasteiger partial charge in [0.15, 0.2) is 5.96 Å². The zero-order valence-electron chi connectivity index (χ0n) is 14.7. The second kappa shape index (κ2) is 12.6. The van der Waals surface area contributed by atoms with Crippen molar-refractivity contribution >= 4 is 29.9 Å². The molecule has 0 aliphatic carbocycles.